The molecule has 1 aromatic heterocycles. The third kappa shape index (κ3) is 6.34. The quantitative estimate of drug-likeness (QED) is 0.347. The number of unbranched alkanes of at least 4 members (excludes halogenated alkanes) is 1. The second-order valence-electron chi connectivity index (χ2n) is 7.78. The average molecular weight is 436 g/mol. The summed E-state index contributed by atoms with van der Waals surface area (Å²) in [6.07, 6.45) is 6.71. The summed E-state index contributed by atoms with van der Waals surface area (Å²) in [7, 11) is 3.69. The fraction of sp³-hybridized carbons (Fsp3) is 0.360. The topological polar surface area (TPSA) is 62.6 Å². The van der Waals surface area contributed by atoms with Crippen LogP contribution in [-0.4, -0.2) is 47.8 Å². The third-order valence-electron chi connectivity index (χ3n) is 5.01. The first-order chi connectivity index (χ1) is 15.6. The number of hydrogen-bond donors (Lipinski definition) is 1. The lowest BCUT2D eigenvalue weighted by Crippen LogP contribution is -2.48. The van der Waals surface area contributed by atoms with Crippen LogP contribution in [0.1, 0.15) is 26.2 Å². The molecule has 7 heteroatoms. The van der Waals surface area contributed by atoms with E-state index in [0.717, 1.165) is 42.8 Å². The number of hydrazine groups is 1. The summed E-state index contributed by atoms with van der Waals surface area (Å²) < 4.78 is 8.15. The van der Waals surface area contributed by atoms with E-state index in [4.69, 9.17) is 4.74 Å². The number of hydrogen-bond acceptors (Lipinski definition) is 4. The zero-order chi connectivity index (χ0) is 22.8. The summed E-state index contributed by atoms with van der Waals surface area (Å²) in [6.45, 7) is 4.09. The Morgan fingerprint density at radius 3 is 2.56 bits per heavy atom. The largest absolute Gasteiger partial charge is 0.491 e. The Labute approximate surface area is 190 Å². The number of benzene rings is 2. The van der Waals surface area contributed by atoms with Gasteiger partial charge in [-0.25, -0.2) is 19.8 Å². The standard InChI is InChI=1S/C25H33N5O2/c1-4-5-16-26-25(31)30(28(2)3)23-14-9-10-15-24(23)32-18-11-17-29-19-22(27-20-29)21-12-7-6-8-13-21/h6-10,12-15,19-20H,4-5,11,16-18H2,1-3H3,(H,26,31). The Kier molecular flexibility index (Phi) is 8.69. The van der Waals surface area contributed by atoms with Crippen LogP contribution in [-0.2, 0) is 6.54 Å². The molecule has 1 heterocycles. The van der Waals surface area contributed by atoms with Gasteiger partial charge in [-0.3, -0.25) is 0 Å². The molecule has 0 fully saturated rings. The molecule has 3 rings (SSSR count). The number of urea groups is 1. The van der Waals surface area contributed by atoms with Gasteiger partial charge in [0.2, 0.25) is 0 Å². The second-order valence-corrected chi connectivity index (χ2v) is 7.78. The fourth-order valence-electron chi connectivity index (χ4n) is 3.38. The normalized spacial score (nSPS) is 10.9. The number of carbonyl (C=O) groups excluding carboxylic acids is 1. The van der Waals surface area contributed by atoms with Crippen molar-refractivity contribution in [1.82, 2.24) is 19.9 Å². The molecule has 0 spiro atoms. The number of carbonyl (C=O) groups is 1. The van der Waals surface area contributed by atoms with Crippen molar-refractivity contribution in [2.24, 2.45) is 0 Å². The van der Waals surface area contributed by atoms with Crippen molar-refractivity contribution in [3.63, 3.8) is 0 Å². The lowest BCUT2D eigenvalue weighted by atomic mass is 10.2. The van der Waals surface area contributed by atoms with Gasteiger partial charge in [0.1, 0.15) is 11.4 Å². The molecule has 32 heavy (non-hydrogen) atoms. The Balaban J connectivity index is 1.58. The molecule has 0 saturated carbocycles. The summed E-state index contributed by atoms with van der Waals surface area (Å²) in [4.78, 5) is 17.2. The number of nitrogens with one attached hydrogen (secondary N) is 1. The molecular formula is C25H33N5O2. The van der Waals surface area contributed by atoms with E-state index >= 15 is 0 Å². The molecule has 0 atom stereocenters. The molecule has 0 unspecified atom stereocenters. The Bertz CT molecular complexity index is 971. The predicted octanol–water partition coefficient (Wildman–Crippen LogP) is 4.81. The molecule has 170 valence electrons. The maximum absolute atomic E-state index is 12.8. The van der Waals surface area contributed by atoms with Crippen LogP contribution in [0.15, 0.2) is 67.1 Å². The minimum Gasteiger partial charge on any atom is -0.491 e. The van der Waals surface area contributed by atoms with Gasteiger partial charge in [0, 0.05) is 38.9 Å². The highest BCUT2D eigenvalue weighted by Crippen LogP contribution is 2.29. The number of aryl methyl sites for hydroxylation is 1. The average Bonchev–Trinajstić information content (AvgIpc) is 3.27. The van der Waals surface area contributed by atoms with Crippen LogP contribution in [0.4, 0.5) is 10.5 Å². The smallest absolute Gasteiger partial charge is 0.336 e. The number of nitrogens with zero attached hydrogens (tertiary/aromatic N) is 4. The van der Waals surface area contributed by atoms with E-state index in [2.05, 4.69) is 40.1 Å². The summed E-state index contributed by atoms with van der Waals surface area (Å²) in [5.74, 6) is 0.683. The first kappa shape index (κ1) is 23.3. The van der Waals surface area contributed by atoms with Crippen molar-refractivity contribution in [3.05, 3.63) is 67.1 Å². The lowest BCUT2D eigenvalue weighted by molar-refractivity contribution is 0.229. The molecule has 7 nitrogen and oxygen atoms in total. The molecule has 2 aromatic carbocycles. The summed E-state index contributed by atoms with van der Waals surface area (Å²) in [5, 5.41) is 6.34. The predicted molar refractivity (Wildman–Crippen MR) is 129 cm³/mol. The molecule has 3 aromatic rings. The van der Waals surface area contributed by atoms with E-state index in [-0.39, 0.29) is 6.03 Å². The maximum atomic E-state index is 12.8. The van der Waals surface area contributed by atoms with E-state index in [1.165, 1.54) is 0 Å². The van der Waals surface area contributed by atoms with E-state index in [9.17, 15) is 4.79 Å². The third-order valence-corrected chi connectivity index (χ3v) is 5.01. The van der Waals surface area contributed by atoms with Crippen molar-refractivity contribution in [3.8, 4) is 17.0 Å². The molecule has 0 aliphatic carbocycles. The van der Waals surface area contributed by atoms with Crippen molar-refractivity contribution >= 4 is 11.7 Å². The van der Waals surface area contributed by atoms with Crippen LogP contribution in [0.2, 0.25) is 0 Å². The second kappa shape index (κ2) is 11.9. The van der Waals surface area contributed by atoms with Gasteiger partial charge in [-0.05, 0) is 25.0 Å². The molecule has 0 aliphatic heterocycles. The van der Waals surface area contributed by atoms with Gasteiger partial charge in [-0.2, -0.15) is 0 Å². The minimum atomic E-state index is -0.161. The summed E-state index contributed by atoms with van der Waals surface area (Å²) >= 11 is 0. The minimum absolute atomic E-state index is 0.161. The highest BCUT2D eigenvalue weighted by molar-refractivity contribution is 5.92. The molecule has 1 N–H and O–H groups in total. The zero-order valence-electron chi connectivity index (χ0n) is 19.2. The lowest BCUT2D eigenvalue weighted by Gasteiger charge is -2.30. The first-order valence-electron chi connectivity index (χ1n) is 11.1. The summed E-state index contributed by atoms with van der Waals surface area (Å²) in [5.41, 5.74) is 2.80. The number of amides is 2. The van der Waals surface area contributed by atoms with Gasteiger partial charge < -0.3 is 14.6 Å². The monoisotopic (exact) mass is 435 g/mol. The van der Waals surface area contributed by atoms with Crippen LogP contribution >= 0.6 is 0 Å². The van der Waals surface area contributed by atoms with Gasteiger partial charge in [0.05, 0.1) is 18.6 Å². The van der Waals surface area contributed by atoms with Gasteiger partial charge in [0.15, 0.2) is 0 Å². The molecule has 0 radical (unpaired) electrons. The van der Waals surface area contributed by atoms with E-state index in [1.807, 2.05) is 62.9 Å². The van der Waals surface area contributed by atoms with Crippen molar-refractivity contribution < 1.29 is 9.53 Å². The zero-order valence-corrected chi connectivity index (χ0v) is 19.2. The van der Waals surface area contributed by atoms with Crippen molar-refractivity contribution in [2.75, 3.05) is 32.3 Å². The number of anilines is 1. The van der Waals surface area contributed by atoms with Crippen LogP contribution in [0.25, 0.3) is 11.3 Å². The van der Waals surface area contributed by atoms with Gasteiger partial charge in [0.25, 0.3) is 0 Å². The van der Waals surface area contributed by atoms with Crippen LogP contribution < -0.4 is 15.1 Å². The van der Waals surface area contributed by atoms with E-state index in [1.54, 1.807) is 10.0 Å². The number of ether oxygens (including phenoxy) is 1. The highest BCUT2D eigenvalue weighted by atomic mass is 16.5. The Morgan fingerprint density at radius 1 is 1.06 bits per heavy atom. The first-order valence-corrected chi connectivity index (χ1v) is 11.1. The Morgan fingerprint density at radius 2 is 1.81 bits per heavy atom. The molecular weight excluding hydrogens is 402 g/mol. The van der Waals surface area contributed by atoms with E-state index < -0.39 is 0 Å². The Hall–Kier alpha value is -3.32. The van der Waals surface area contributed by atoms with Gasteiger partial charge in [-0.1, -0.05) is 55.8 Å². The van der Waals surface area contributed by atoms with Crippen molar-refractivity contribution in [2.45, 2.75) is 32.7 Å². The highest BCUT2D eigenvalue weighted by Gasteiger charge is 2.21. The fourth-order valence-corrected chi connectivity index (χ4v) is 3.38. The molecule has 0 saturated heterocycles. The van der Waals surface area contributed by atoms with Gasteiger partial charge in [-0.15, -0.1) is 0 Å². The number of rotatable bonds is 11. The maximum Gasteiger partial charge on any atom is 0.336 e. The SMILES string of the molecule is CCCCNC(=O)N(c1ccccc1OCCCn1cnc(-c2ccccc2)c1)N(C)C. The number of imidazole rings is 1. The number of para-hydroxylation sites is 2. The molecule has 2 amide bonds. The molecule has 0 aliphatic rings. The van der Waals surface area contributed by atoms with Gasteiger partial charge >= 0.3 is 6.03 Å². The van der Waals surface area contributed by atoms with Crippen LogP contribution in [0, 0.1) is 0 Å². The molecule has 0 bridgehead atoms. The van der Waals surface area contributed by atoms with Crippen molar-refractivity contribution in [1.29, 1.82) is 0 Å². The summed E-state index contributed by atoms with van der Waals surface area (Å²) in [6, 6.07) is 17.6. The van der Waals surface area contributed by atoms with Crippen LogP contribution in [0.5, 0.6) is 5.75 Å². The van der Waals surface area contributed by atoms with E-state index in [0.29, 0.717) is 18.9 Å². The number of aromatic nitrogens is 2. The van der Waals surface area contributed by atoms with Crippen LogP contribution in [0.3, 0.4) is 0 Å².